The summed E-state index contributed by atoms with van der Waals surface area (Å²) in [5, 5.41) is 4.58. The highest BCUT2D eigenvalue weighted by Gasteiger charge is 2.51. The Morgan fingerprint density at radius 2 is 1.93 bits per heavy atom. The van der Waals surface area contributed by atoms with E-state index < -0.39 is 5.60 Å². The van der Waals surface area contributed by atoms with E-state index in [1.165, 1.54) is 6.42 Å². The molecule has 9 heteroatoms. The summed E-state index contributed by atoms with van der Waals surface area (Å²) in [4.78, 5) is 21.8. The zero-order chi connectivity index (χ0) is 27.5. The van der Waals surface area contributed by atoms with Crippen LogP contribution in [0.5, 0.6) is 5.88 Å². The van der Waals surface area contributed by atoms with Crippen molar-refractivity contribution in [3.8, 4) is 28.1 Å². The first-order valence-corrected chi connectivity index (χ1v) is 14.5. The third-order valence-electron chi connectivity index (χ3n) is 8.62. The molecular formula is C31H37N5O4. The standard InChI is InChI=1S/C31H37N5O4/c1-30(2,3)40-29(37)34-13-11-31(20-34)12-14-35(31)26-10-9-25-24-8-7-21(16-22(24)19-39-28(25)33-26)23-17-32-36(18-23)27-6-4-5-15-38-27/h7-10,16-18,27H,4-6,11-15,19-20H2,1-3H3. The molecule has 0 radical (unpaired) electrons. The highest BCUT2D eigenvalue weighted by atomic mass is 16.6. The molecule has 4 aliphatic rings. The van der Waals surface area contributed by atoms with Crippen LogP contribution in [0.1, 0.15) is 64.7 Å². The van der Waals surface area contributed by atoms with Gasteiger partial charge in [0.05, 0.1) is 11.7 Å². The van der Waals surface area contributed by atoms with Crippen LogP contribution in [0.25, 0.3) is 22.3 Å². The lowest BCUT2D eigenvalue weighted by Crippen LogP contribution is -2.62. The van der Waals surface area contributed by atoms with Crippen molar-refractivity contribution < 1.29 is 19.0 Å². The monoisotopic (exact) mass is 543 g/mol. The lowest BCUT2D eigenvalue weighted by molar-refractivity contribution is -0.0394. The molecule has 40 heavy (non-hydrogen) atoms. The molecule has 0 saturated carbocycles. The lowest BCUT2D eigenvalue weighted by Gasteiger charge is -2.51. The number of benzene rings is 1. The number of hydrogen-bond donors (Lipinski definition) is 0. The van der Waals surface area contributed by atoms with Gasteiger partial charge in [0.15, 0.2) is 0 Å². The van der Waals surface area contributed by atoms with Crippen LogP contribution in [0.2, 0.25) is 0 Å². The number of carbonyl (C=O) groups excluding carboxylic acids is 1. The molecule has 0 bridgehead atoms. The molecule has 2 unspecified atom stereocenters. The van der Waals surface area contributed by atoms with Gasteiger partial charge in [-0.2, -0.15) is 10.1 Å². The number of hydrogen-bond acceptors (Lipinski definition) is 7. The van der Waals surface area contributed by atoms with Crippen LogP contribution in [0.15, 0.2) is 42.7 Å². The van der Waals surface area contributed by atoms with Gasteiger partial charge in [0.1, 0.15) is 24.3 Å². The Bertz CT molecular complexity index is 1440. The number of rotatable bonds is 3. The van der Waals surface area contributed by atoms with Crippen LogP contribution in [0.3, 0.4) is 0 Å². The lowest BCUT2D eigenvalue weighted by atomic mass is 9.83. The predicted octanol–water partition coefficient (Wildman–Crippen LogP) is 5.79. The molecule has 7 rings (SSSR count). The van der Waals surface area contributed by atoms with E-state index in [0.717, 1.165) is 72.5 Å². The number of pyridine rings is 1. The average molecular weight is 544 g/mol. The molecule has 2 atom stereocenters. The van der Waals surface area contributed by atoms with E-state index >= 15 is 0 Å². The summed E-state index contributed by atoms with van der Waals surface area (Å²) in [7, 11) is 0. The second-order valence-electron chi connectivity index (χ2n) is 12.5. The van der Waals surface area contributed by atoms with Crippen molar-refractivity contribution in [3.05, 3.63) is 48.3 Å². The van der Waals surface area contributed by atoms with Gasteiger partial charge >= 0.3 is 6.09 Å². The molecule has 3 saturated heterocycles. The van der Waals surface area contributed by atoms with Crippen molar-refractivity contribution in [3.63, 3.8) is 0 Å². The van der Waals surface area contributed by atoms with Gasteiger partial charge in [-0.1, -0.05) is 12.1 Å². The van der Waals surface area contributed by atoms with Gasteiger partial charge < -0.3 is 24.0 Å². The van der Waals surface area contributed by atoms with Gasteiger partial charge in [-0.05, 0) is 87.8 Å². The molecule has 210 valence electrons. The van der Waals surface area contributed by atoms with Gasteiger partial charge in [0, 0.05) is 43.6 Å². The summed E-state index contributed by atoms with van der Waals surface area (Å²) in [6.07, 6.45) is 9.07. The fraction of sp³-hybridized carbons (Fsp3) is 0.516. The SMILES string of the molecule is CC(C)(C)OC(=O)N1CCC2(CCN2c2ccc3c(n2)OCc2cc(-c4cnn(C5CCCCO5)c4)ccc2-3)C1. The Kier molecular flexibility index (Phi) is 6.03. The van der Waals surface area contributed by atoms with E-state index in [-0.39, 0.29) is 17.9 Å². The molecule has 6 heterocycles. The minimum Gasteiger partial charge on any atom is -0.472 e. The molecule has 3 fully saturated rings. The van der Waals surface area contributed by atoms with Crippen LogP contribution in [-0.2, 0) is 16.1 Å². The molecule has 1 amide bonds. The van der Waals surface area contributed by atoms with Crippen molar-refractivity contribution in [1.29, 1.82) is 0 Å². The molecule has 0 aliphatic carbocycles. The van der Waals surface area contributed by atoms with Gasteiger partial charge in [-0.15, -0.1) is 0 Å². The Hall–Kier alpha value is -3.59. The Morgan fingerprint density at radius 1 is 1.07 bits per heavy atom. The van der Waals surface area contributed by atoms with Crippen LogP contribution in [-0.4, -0.2) is 63.1 Å². The summed E-state index contributed by atoms with van der Waals surface area (Å²) in [5.74, 6) is 1.58. The number of fused-ring (bicyclic) bond motifs is 3. The van der Waals surface area contributed by atoms with E-state index in [1.54, 1.807) is 0 Å². The van der Waals surface area contributed by atoms with Crippen molar-refractivity contribution >= 4 is 11.9 Å². The highest BCUT2D eigenvalue weighted by molar-refractivity contribution is 5.78. The third kappa shape index (κ3) is 4.50. The maximum Gasteiger partial charge on any atom is 0.410 e. The second-order valence-corrected chi connectivity index (χ2v) is 12.5. The van der Waals surface area contributed by atoms with E-state index in [4.69, 9.17) is 19.2 Å². The van der Waals surface area contributed by atoms with Gasteiger partial charge in [-0.25, -0.2) is 9.48 Å². The van der Waals surface area contributed by atoms with Gasteiger partial charge in [-0.3, -0.25) is 0 Å². The number of likely N-dealkylation sites (tertiary alicyclic amines) is 1. The van der Waals surface area contributed by atoms with E-state index in [2.05, 4.69) is 46.5 Å². The zero-order valence-electron chi connectivity index (χ0n) is 23.6. The molecule has 3 aromatic rings. The molecule has 1 aromatic carbocycles. The summed E-state index contributed by atoms with van der Waals surface area (Å²) in [5.41, 5.74) is 4.94. The van der Waals surface area contributed by atoms with Crippen molar-refractivity contribution in [2.24, 2.45) is 0 Å². The number of carbonyl (C=O) groups is 1. The maximum absolute atomic E-state index is 12.7. The van der Waals surface area contributed by atoms with Crippen LogP contribution in [0.4, 0.5) is 10.6 Å². The second kappa shape index (κ2) is 9.51. The molecule has 2 aromatic heterocycles. The molecule has 4 aliphatic heterocycles. The summed E-state index contributed by atoms with van der Waals surface area (Å²) in [6, 6.07) is 10.7. The Labute approximate surface area is 235 Å². The number of aromatic nitrogens is 3. The Morgan fingerprint density at radius 3 is 2.70 bits per heavy atom. The highest BCUT2D eigenvalue weighted by Crippen LogP contribution is 2.45. The third-order valence-corrected chi connectivity index (χ3v) is 8.62. The smallest absolute Gasteiger partial charge is 0.410 e. The van der Waals surface area contributed by atoms with E-state index in [0.29, 0.717) is 25.6 Å². The summed E-state index contributed by atoms with van der Waals surface area (Å²) >= 11 is 0. The van der Waals surface area contributed by atoms with Crippen molar-refractivity contribution in [1.82, 2.24) is 19.7 Å². The summed E-state index contributed by atoms with van der Waals surface area (Å²) < 4.78 is 19.7. The number of ether oxygens (including phenoxy) is 3. The predicted molar refractivity (Wildman–Crippen MR) is 151 cm³/mol. The Balaban J connectivity index is 1.08. The first kappa shape index (κ1) is 25.4. The van der Waals surface area contributed by atoms with Crippen molar-refractivity contribution in [2.75, 3.05) is 31.1 Å². The fourth-order valence-electron chi connectivity index (χ4n) is 6.44. The normalized spacial score (nSPS) is 23.8. The molecule has 1 spiro atoms. The number of anilines is 1. The minimum absolute atomic E-state index is 0.0331. The summed E-state index contributed by atoms with van der Waals surface area (Å²) in [6.45, 7) is 9.29. The molecular weight excluding hydrogens is 506 g/mol. The average Bonchev–Trinajstić information content (AvgIpc) is 3.61. The van der Waals surface area contributed by atoms with Crippen molar-refractivity contribution in [2.45, 2.75) is 76.9 Å². The van der Waals surface area contributed by atoms with Crippen LogP contribution < -0.4 is 9.64 Å². The molecule has 9 nitrogen and oxygen atoms in total. The molecule has 0 N–H and O–H groups in total. The minimum atomic E-state index is -0.494. The van der Waals surface area contributed by atoms with Gasteiger partial charge in [0.25, 0.3) is 0 Å². The first-order valence-electron chi connectivity index (χ1n) is 14.5. The van der Waals surface area contributed by atoms with E-state index in [1.807, 2.05) is 36.5 Å². The zero-order valence-corrected chi connectivity index (χ0v) is 23.6. The number of nitrogens with zero attached hydrogens (tertiary/aromatic N) is 5. The van der Waals surface area contributed by atoms with Crippen LogP contribution in [0, 0.1) is 0 Å². The first-order chi connectivity index (χ1) is 19.3. The van der Waals surface area contributed by atoms with Gasteiger partial charge in [0.2, 0.25) is 5.88 Å². The maximum atomic E-state index is 12.7. The largest absolute Gasteiger partial charge is 0.472 e. The quantitative estimate of drug-likeness (QED) is 0.413. The number of amides is 1. The fourth-order valence-corrected chi connectivity index (χ4v) is 6.44. The van der Waals surface area contributed by atoms with E-state index in [9.17, 15) is 4.79 Å². The topological polar surface area (TPSA) is 82.0 Å². The van der Waals surface area contributed by atoms with Crippen LogP contribution >= 0.6 is 0 Å².